The van der Waals surface area contributed by atoms with Crippen LogP contribution in [0.3, 0.4) is 0 Å². The Labute approximate surface area is 125 Å². The molecule has 0 aliphatic carbocycles. The van der Waals surface area contributed by atoms with Gasteiger partial charge in [-0.25, -0.2) is 0 Å². The van der Waals surface area contributed by atoms with Gasteiger partial charge in [-0.15, -0.1) is 0 Å². The molecule has 0 aromatic carbocycles. The first kappa shape index (κ1) is 24.0. The van der Waals surface area contributed by atoms with Crippen LogP contribution in [0.15, 0.2) is 0 Å². The van der Waals surface area contributed by atoms with Crippen molar-refractivity contribution in [1.29, 1.82) is 0 Å². The highest BCUT2D eigenvalue weighted by Crippen LogP contribution is 2.43. The summed E-state index contributed by atoms with van der Waals surface area (Å²) in [5.74, 6) is 1.83. The van der Waals surface area contributed by atoms with Gasteiger partial charge in [0.05, 0.1) is 0 Å². The molecule has 0 amide bonds. The fourth-order valence-electron chi connectivity index (χ4n) is 3.23. The summed E-state index contributed by atoms with van der Waals surface area (Å²) in [6.07, 6.45) is 8.19. The highest BCUT2D eigenvalue weighted by atomic mass is 14.4. The zero-order chi connectivity index (χ0) is 15.9. The SMILES string of the molecule is CC.CC.CCCC(CC)C(C)(C)C(CC)CCC. The van der Waals surface area contributed by atoms with Gasteiger partial charge in [-0.2, -0.15) is 0 Å². The summed E-state index contributed by atoms with van der Waals surface area (Å²) in [5, 5.41) is 0. The van der Waals surface area contributed by atoms with Gasteiger partial charge in [0, 0.05) is 0 Å². The molecule has 0 bridgehead atoms. The number of hydrogen-bond donors (Lipinski definition) is 0. The minimum atomic E-state index is 0.537. The van der Waals surface area contributed by atoms with Crippen molar-refractivity contribution in [3.63, 3.8) is 0 Å². The van der Waals surface area contributed by atoms with E-state index in [9.17, 15) is 0 Å². The molecule has 2 unspecified atom stereocenters. The van der Waals surface area contributed by atoms with Gasteiger partial charge < -0.3 is 0 Å². The molecule has 0 rings (SSSR count). The maximum Gasteiger partial charge on any atom is -0.0298 e. The van der Waals surface area contributed by atoms with E-state index < -0.39 is 0 Å². The van der Waals surface area contributed by atoms with E-state index in [1.54, 1.807) is 0 Å². The Kier molecular flexibility index (Phi) is 20.3. The normalized spacial score (nSPS) is 13.6. The van der Waals surface area contributed by atoms with Gasteiger partial charge in [-0.3, -0.25) is 0 Å². The van der Waals surface area contributed by atoms with Crippen molar-refractivity contribution in [2.75, 3.05) is 0 Å². The Balaban J connectivity index is -0.000000579. The minimum absolute atomic E-state index is 0.537. The minimum Gasteiger partial charge on any atom is -0.0683 e. The molecular formula is C19H44. The van der Waals surface area contributed by atoms with E-state index in [4.69, 9.17) is 0 Å². The second-order valence-corrected chi connectivity index (χ2v) is 5.61. The van der Waals surface area contributed by atoms with Gasteiger partial charge in [-0.05, 0) is 17.3 Å². The van der Waals surface area contributed by atoms with Gasteiger partial charge in [0.1, 0.15) is 0 Å². The van der Waals surface area contributed by atoms with Crippen LogP contribution < -0.4 is 0 Å². The zero-order valence-electron chi connectivity index (χ0n) is 15.9. The van der Waals surface area contributed by atoms with Crippen LogP contribution in [0.5, 0.6) is 0 Å². The molecule has 0 aliphatic rings. The zero-order valence-corrected chi connectivity index (χ0v) is 15.9. The number of hydrogen-bond acceptors (Lipinski definition) is 0. The first-order valence-corrected chi connectivity index (χ1v) is 9.04. The molecule has 0 saturated carbocycles. The van der Waals surface area contributed by atoms with Crippen LogP contribution in [0.25, 0.3) is 0 Å². The van der Waals surface area contributed by atoms with E-state index in [0.29, 0.717) is 5.41 Å². The van der Waals surface area contributed by atoms with Crippen molar-refractivity contribution < 1.29 is 0 Å². The van der Waals surface area contributed by atoms with Crippen LogP contribution in [0.1, 0.15) is 108 Å². The van der Waals surface area contributed by atoms with E-state index in [0.717, 1.165) is 11.8 Å². The molecule has 2 atom stereocenters. The average Bonchev–Trinajstić information content (AvgIpc) is 2.45. The van der Waals surface area contributed by atoms with Crippen LogP contribution in [0.4, 0.5) is 0 Å². The summed E-state index contributed by atoms with van der Waals surface area (Å²) in [5.41, 5.74) is 0.537. The van der Waals surface area contributed by atoms with Gasteiger partial charge >= 0.3 is 0 Å². The Morgan fingerprint density at radius 2 is 0.895 bits per heavy atom. The molecule has 120 valence electrons. The van der Waals surface area contributed by atoms with Crippen molar-refractivity contribution in [3.8, 4) is 0 Å². The summed E-state index contributed by atoms with van der Waals surface area (Å²) in [7, 11) is 0. The van der Waals surface area contributed by atoms with Crippen LogP contribution in [-0.4, -0.2) is 0 Å². The predicted molar refractivity (Wildman–Crippen MR) is 93.9 cm³/mol. The van der Waals surface area contributed by atoms with Gasteiger partial charge in [0.25, 0.3) is 0 Å². The predicted octanol–water partition coefficient (Wildman–Crippen LogP) is 7.72. The van der Waals surface area contributed by atoms with E-state index in [2.05, 4.69) is 41.5 Å². The van der Waals surface area contributed by atoms with Crippen molar-refractivity contribution in [3.05, 3.63) is 0 Å². The van der Waals surface area contributed by atoms with E-state index in [1.807, 2.05) is 27.7 Å². The van der Waals surface area contributed by atoms with Crippen LogP contribution in [0, 0.1) is 17.3 Å². The third kappa shape index (κ3) is 9.52. The Morgan fingerprint density at radius 3 is 1.05 bits per heavy atom. The molecular weight excluding hydrogens is 228 g/mol. The molecule has 0 N–H and O–H groups in total. The molecule has 19 heavy (non-hydrogen) atoms. The second kappa shape index (κ2) is 16.1. The number of rotatable bonds is 8. The van der Waals surface area contributed by atoms with Gasteiger partial charge in [0.2, 0.25) is 0 Å². The topological polar surface area (TPSA) is 0 Å². The lowest BCUT2D eigenvalue weighted by Crippen LogP contribution is -2.32. The van der Waals surface area contributed by atoms with Crippen molar-refractivity contribution in [1.82, 2.24) is 0 Å². The lowest BCUT2D eigenvalue weighted by Gasteiger charge is -2.41. The average molecular weight is 273 g/mol. The summed E-state index contributed by atoms with van der Waals surface area (Å²) in [4.78, 5) is 0. The molecule has 0 aromatic rings. The van der Waals surface area contributed by atoms with Crippen LogP contribution >= 0.6 is 0 Å². The lowest BCUT2D eigenvalue weighted by molar-refractivity contribution is 0.0910. The van der Waals surface area contributed by atoms with E-state index in [1.165, 1.54) is 38.5 Å². The lowest BCUT2D eigenvalue weighted by atomic mass is 9.65. The van der Waals surface area contributed by atoms with Gasteiger partial charge in [-0.1, -0.05) is 108 Å². The summed E-state index contributed by atoms with van der Waals surface area (Å²) >= 11 is 0. The molecule has 0 saturated heterocycles. The third-order valence-electron chi connectivity index (χ3n) is 4.36. The molecule has 0 heterocycles. The smallest absolute Gasteiger partial charge is 0.0298 e. The summed E-state index contributed by atoms with van der Waals surface area (Å²) in [6, 6.07) is 0. The Hall–Kier alpha value is 0. The summed E-state index contributed by atoms with van der Waals surface area (Å²) in [6.45, 7) is 22.4. The van der Waals surface area contributed by atoms with Crippen molar-refractivity contribution in [2.45, 2.75) is 108 Å². The highest BCUT2D eigenvalue weighted by Gasteiger charge is 2.33. The van der Waals surface area contributed by atoms with Crippen LogP contribution in [-0.2, 0) is 0 Å². The van der Waals surface area contributed by atoms with Crippen LogP contribution in [0.2, 0.25) is 0 Å². The van der Waals surface area contributed by atoms with Crippen molar-refractivity contribution >= 4 is 0 Å². The third-order valence-corrected chi connectivity index (χ3v) is 4.36. The molecule has 0 fully saturated rings. The largest absolute Gasteiger partial charge is 0.0683 e. The molecule has 0 spiro atoms. The quantitative estimate of drug-likeness (QED) is 0.424. The maximum absolute atomic E-state index is 2.50. The standard InChI is InChI=1S/C15H32.2C2H6/c1-7-11-13(9-3)15(5,6)14(10-4)12-8-2;2*1-2/h13-14H,7-12H2,1-6H3;2*1-2H3. The molecule has 0 aromatic heterocycles. The van der Waals surface area contributed by atoms with E-state index in [-0.39, 0.29) is 0 Å². The highest BCUT2D eigenvalue weighted by molar-refractivity contribution is 4.83. The fourth-order valence-corrected chi connectivity index (χ4v) is 3.23. The maximum atomic E-state index is 2.50. The molecule has 0 nitrogen and oxygen atoms in total. The Bertz CT molecular complexity index is 130. The van der Waals surface area contributed by atoms with E-state index >= 15 is 0 Å². The first-order chi connectivity index (χ1) is 9.04. The second-order valence-electron chi connectivity index (χ2n) is 5.61. The molecule has 0 heteroatoms. The Morgan fingerprint density at radius 1 is 0.632 bits per heavy atom. The van der Waals surface area contributed by atoms with Gasteiger partial charge in [0.15, 0.2) is 0 Å². The molecule has 0 radical (unpaired) electrons. The first-order valence-electron chi connectivity index (χ1n) is 9.04. The summed E-state index contributed by atoms with van der Waals surface area (Å²) < 4.78 is 0. The monoisotopic (exact) mass is 272 g/mol. The molecule has 0 aliphatic heterocycles. The fraction of sp³-hybridized carbons (Fsp3) is 1.00. The van der Waals surface area contributed by atoms with Crippen molar-refractivity contribution in [2.24, 2.45) is 17.3 Å².